The Balaban J connectivity index is 1.54. The molecule has 0 unspecified atom stereocenters. The van der Waals surface area contributed by atoms with Gasteiger partial charge in [0.25, 0.3) is 0 Å². The van der Waals surface area contributed by atoms with E-state index >= 15 is 0 Å². The molecule has 1 saturated heterocycles. The van der Waals surface area contributed by atoms with E-state index in [9.17, 15) is 4.79 Å². The highest BCUT2D eigenvalue weighted by molar-refractivity contribution is 7.18. The van der Waals surface area contributed by atoms with E-state index in [0.717, 1.165) is 53.1 Å². The first kappa shape index (κ1) is 18.9. The fraction of sp³-hybridized carbons (Fsp3) is 0.409. The maximum absolute atomic E-state index is 13.0. The zero-order valence-corrected chi connectivity index (χ0v) is 17.5. The predicted molar refractivity (Wildman–Crippen MR) is 116 cm³/mol. The van der Waals surface area contributed by atoms with Crippen molar-refractivity contribution >= 4 is 39.0 Å². The number of benzene rings is 1. The van der Waals surface area contributed by atoms with Crippen LogP contribution in [0.1, 0.15) is 35.8 Å². The number of carbonyl (C=O) groups excluding carboxylic acids is 1. The summed E-state index contributed by atoms with van der Waals surface area (Å²) < 4.78 is 0. The lowest BCUT2D eigenvalue weighted by Gasteiger charge is -2.33. The molecule has 1 aliphatic heterocycles. The molecule has 1 atom stereocenters. The number of nitrogens with one attached hydrogen (secondary N) is 1. The Hall–Kier alpha value is -2.47. The molecule has 1 amide bonds. The first-order valence-corrected chi connectivity index (χ1v) is 10.7. The number of hydrogen-bond acceptors (Lipinski definition) is 5. The number of thiophene rings is 1. The lowest BCUT2D eigenvalue weighted by Crippen LogP contribution is -2.41. The van der Waals surface area contributed by atoms with Gasteiger partial charge < -0.3 is 10.2 Å². The van der Waals surface area contributed by atoms with E-state index in [4.69, 9.17) is 0 Å². The predicted octanol–water partition coefficient (Wildman–Crippen LogP) is 4.73. The second-order valence-electron chi connectivity index (χ2n) is 7.50. The number of carbonyl (C=O) groups is 1. The van der Waals surface area contributed by atoms with E-state index in [-0.39, 0.29) is 11.8 Å². The van der Waals surface area contributed by atoms with Crippen LogP contribution in [0.15, 0.2) is 30.6 Å². The van der Waals surface area contributed by atoms with E-state index in [2.05, 4.69) is 53.1 Å². The van der Waals surface area contributed by atoms with E-state index in [1.165, 1.54) is 10.4 Å². The molecule has 1 N–H and O–H groups in total. The molecular weight excluding hydrogens is 368 g/mol. The number of rotatable bonds is 4. The second-order valence-corrected chi connectivity index (χ2v) is 8.62. The van der Waals surface area contributed by atoms with Gasteiger partial charge in [-0.15, -0.1) is 11.3 Å². The normalized spacial score (nSPS) is 17.1. The van der Waals surface area contributed by atoms with Gasteiger partial charge in [-0.25, -0.2) is 9.97 Å². The average Bonchev–Trinajstić information content (AvgIpc) is 3.15. The quantitative estimate of drug-likeness (QED) is 0.695. The molecule has 5 nitrogen and oxygen atoms in total. The third kappa shape index (κ3) is 3.61. The van der Waals surface area contributed by atoms with Crippen molar-refractivity contribution < 1.29 is 4.79 Å². The fourth-order valence-corrected chi connectivity index (χ4v) is 4.75. The van der Waals surface area contributed by atoms with E-state index in [1.54, 1.807) is 17.7 Å². The summed E-state index contributed by atoms with van der Waals surface area (Å²) in [6.45, 7) is 7.90. The Morgan fingerprint density at radius 1 is 1.32 bits per heavy atom. The lowest BCUT2D eigenvalue weighted by atomic mass is 9.96. The summed E-state index contributed by atoms with van der Waals surface area (Å²) in [7, 11) is 0. The third-order valence-corrected chi connectivity index (χ3v) is 6.85. The molecule has 4 rings (SSSR count). The maximum Gasteiger partial charge on any atom is 0.229 e. The van der Waals surface area contributed by atoms with Crippen molar-refractivity contribution in [1.82, 2.24) is 9.97 Å². The standard InChI is InChI=1S/C22H26N4OS/c1-4-17-11-18-20(23-13-24-22(18)28-17)26-10-6-8-16(12-26)21(27)25-19-9-5-7-14(2)15(19)3/h5,7,9,11,13,16H,4,6,8,10,12H2,1-3H3,(H,25,27)/t16-/m0/s1. The van der Waals surface area contributed by atoms with Gasteiger partial charge in [-0.2, -0.15) is 0 Å². The summed E-state index contributed by atoms with van der Waals surface area (Å²) in [5.41, 5.74) is 3.24. The van der Waals surface area contributed by atoms with Crippen molar-refractivity contribution in [1.29, 1.82) is 0 Å². The van der Waals surface area contributed by atoms with Gasteiger partial charge in [-0.05, 0) is 56.4 Å². The first-order chi connectivity index (χ1) is 13.6. The van der Waals surface area contributed by atoms with Crippen LogP contribution in [-0.2, 0) is 11.2 Å². The number of anilines is 2. The van der Waals surface area contributed by atoms with Crippen LogP contribution in [0.4, 0.5) is 11.5 Å². The fourth-order valence-electron chi connectivity index (χ4n) is 3.82. The number of aryl methyl sites for hydroxylation is 2. The van der Waals surface area contributed by atoms with Crippen LogP contribution in [0.2, 0.25) is 0 Å². The van der Waals surface area contributed by atoms with Gasteiger partial charge in [0.15, 0.2) is 0 Å². The average molecular weight is 395 g/mol. The Labute approximate surface area is 169 Å². The van der Waals surface area contributed by atoms with Gasteiger partial charge >= 0.3 is 0 Å². The summed E-state index contributed by atoms with van der Waals surface area (Å²) >= 11 is 1.73. The highest BCUT2D eigenvalue weighted by Crippen LogP contribution is 2.33. The molecular formula is C22H26N4OS. The molecule has 0 aliphatic carbocycles. The minimum atomic E-state index is -0.0389. The molecule has 0 spiro atoms. The Kier molecular flexibility index (Phi) is 5.31. The third-order valence-electron chi connectivity index (χ3n) is 5.66. The first-order valence-electron chi connectivity index (χ1n) is 9.92. The van der Waals surface area contributed by atoms with Crippen LogP contribution in [0.25, 0.3) is 10.2 Å². The van der Waals surface area contributed by atoms with Crippen LogP contribution in [0.3, 0.4) is 0 Å². The van der Waals surface area contributed by atoms with E-state index in [0.29, 0.717) is 6.54 Å². The monoisotopic (exact) mass is 394 g/mol. The van der Waals surface area contributed by atoms with Crippen LogP contribution in [-0.4, -0.2) is 29.0 Å². The zero-order chi connectivity index (χ0) is 19.7. The zero-order valence-electron chi connectivity index (χ0n) is 16.7. The van der Waals surface area contributed by atoms with Gasteiger partial charge in [0.2, 0.25) is 5.91 Å². The van der Waals surface area contributed by atoms with Crippen molar-refractivity contribution in [2.45, 2.75) is 40.0 Å². The SMILES string of the molecule is CCc1cc2c(N3CCC[C@H](C(=O)Nc4cccc(C)c4C)C3)ncnc2s1. The minimum Gasteiger partial charge on any atom is -0.355 e. The molecule has 3 heterocycles. The molecule has 6 heteroatoms. The van der Waals surface area contributed by atoms with Crippen molar-refractivity contribution in [3.8, 4) is 0 Å². The Morgan fingerprint density at radius 3 is 3.00 bits per heavy atom. The highest BCUT2D eigenvalue weighted by atomic mass is 32.1. The molecule has 2 aromatic heterocycles. The molecule has 1 fully saturated rings. The summed E-state index contributed by atoms with van der Waals surface area (Å²) in [5, 5.41) is 4.26. The summed E-state index contributed by atoms with van der Waals surface area (Å²) in [6.07, 6.45) is 4.54. The number of fused-ring (bicyclic) bond motifs is 1. The van der Waals surface area contributed by atoms with Crippen LogP contribution >= 0.6 is 11.3 Å². The molecule has 0 saturated carbocycles. The van der Waals surface area contributed by atoms with Crippen molar-refractivity contribution in [3.63, 3.8) is 0 Å². The number of piperidine rings is 1. The minimum absolute atomic E-state index is 0.0389. The van der Waals surface area contributed by atoms with E-state index < -0.39 is 0 Å². The molecule has 0 bridgehead atoms. The molecule has 146 valence electrons. The number of amides is 1. The molecule has 3 aromatic rings. The van der Waals surface area contributed by atoms with Gasteiger partial charge in [0.05, 0.1) is 11.3 Å². The van der Waals surface area contributed by atoms with Gasteiger partial charge in [-0.1, -0.05) is 19.1 Å². The Morgan fingerprint density at radius 2 is 2.18 bits per heavy atom. The summed E-state index contributed by atoms with van der Waals surface area (Å²) in [6, 6.07) is 8.24. The van der Waals surface area contributed by atoms with Crippen molar-refractivity contribution in [3.05, 3.63) is 46.6 Å². The lowest BCUT2D eigenvalue weighted by molar-refractivity contribution is -0.120. The molecule has 28 heavy (non-hydrogen) atoms. The summed E-state index contributed by atoms with van der Waals surface area (Å²) in [5.74, 6) is 1.02. The van der Waals surface area contributed by atoms with Gasteiger partial charge in [0.1, 0.15) is 17.0 Å². The van der Waals surface area contributed by atoms with Crippen molar-refractivity contribution in [2.75, 3.05) is 23.3 Å². The van der Waals surface area contributed by atoms with Crippen LogP contribution < -0.4 is 10.2 Å². The largest absolute Gasteiger partial charge is 0.355 e. The smallest absolute Gasteiger partial charge is 0.229 e. The van der Waals surface area contributed by atoms with Crippen LogP contribution in [0, 0.1) is 19.8 Å². The van der Waals surface area contributed by atoms with E-state index in [1.807, 2.05) is 12.1 Å². The molecule has 0 radical (unpaired) electrons. The topological polar surface area (TPSA) is 58.1 Å². The van der Waals surface area contributed by atoms with Crippen LogP contribution in [0.5, 0.6) is 0 Å². The highest BCUT2D eigenvalue weighted by Gasteiger charge is 2.28. The molecule has 1 aromatic carbocycles. The Bertz CT molecular complexity index is 1010. The number of nitrogens with zero attached hydrogens (tertiary/aromatic N) is 3. The van der Waals surface area contributed by atoms with Gasteiger partial charge in [-0.3, -0.25) is 4.79 Å². The molecule has 1 aliphatic rings. The second kappa shape index (κ2) is 7.87. The number of hydrogen-bond donors (Lipinski definition) is 1. The van der Waals surface area contributed by atoms with Crippen molar-refractivity contribution in [2.24, 2.45) is 5.92 Å². The van der Waals surface area contributed by atoms with Gasteiger partial charge in [0, 0.05) is 23.7 Å². The maximum atomic E-state index is 13.0. The number of aromatic nitrogens is 2. The summed E-state index contributed by atoms with van der Waals surface area (Å²) in [4.78, 5) is 26.6.